The van der Waals surface area contributed by atoms with Gasteiger partial charge in [-0.3, -0.25) is 4.79 Å². The van der Waals surface area contributed by atoms with Crippen LogP contribution in [0.25, 0.3) is 5.70 Å². The first-order valence-electron chi connectivity index (χ1n) is 6.23. The zero-order valence-electron chi connectivity index (χ0n) is 11.5. The van der Waals surface area contributed by atoms with Crippen molar-refractivity contribution in [3.8, 4) is 0 Å². The van der Waals surface area contributed by atoms with Crippen molar-refractivity contribution in [3.05, 3.63) is 41.5 Å². The van der Waals surface area contributed by atoms with Gasteiger partial charge in [-0.15, -0.1) is 0 Å². The molecule has 0 saturated carbocycles. The van der Waals surface area contributed by atoms with E-state index in [1.807, 2.05) is 38.1 Å². The third-order valence-corrected chi connectivity index (χ3v) is 2.58. The first kappa shape index (κ1) is 15.0. The average Bonchev–Trinajstić information content (AvgIpc) is 2.39. The normalized spacial score (nSPS) is 11.0. The van der Waals surface area contributed by atoms with Crippen LogP contribution < -0.4 is 5.32 Å². The second-order valence-corrected chi connectivity index (χ2v) is 4.25. The number of nitrogens with one attached hydrogen (secondary N) is 1. The highest BCUT2D eigenvalue weighted by atomic mass is 16.5. The number of amides is 1. The Balaban J connectivity index is 2.98. The number of carbonyl (C=O) groups excluding carboxylic acids is 2. The van der Waals surface area contributed by atoms with Crippen molar-refractivity contribution in [2.24, 2.45) is 0 Å². The summed E-state index contributed by atoms with van der Waals surface area (Å²) in [5, 5.41) is 2.74. The van der Waals surface area contributed by atoms with E-state index in [1.165, 1.54) is 13.2 Å². The molecule has 1 rings (SSSR count). The summed E-state index contributed by atoms with van der Waals surface area (Å²) in [6, 6.07) is 7.56. The lowest BCUT2D eigenvalue weighted by molar-refractivity contribution is -0.134. The second-order valence-electron chi connectivity index (χ2n) is 4.25. The molecule has 1 aromatic carbocycles. The minimum absolute atomic E-state index is 0.113. The maximum atomic E-state index is 11.7. The molecule has 4 heteroatoms. The number of esters is 1. The number of hydrogen-bond acceptors (Lipinski definition) is 3. The maximum absolute atomic E-state index is 11.7. The Kier molecular flexibility index (Phi) is 5.79. The Bertz CT molecular complexity index is 475. The summed E-state index contributed by atoms with van der Waals surface area (Å²) in [5.74, 6) is -0.606. The molecule has 0 heterocycles. The van der Waals surface area contributed by atoms with Gasteiger partial charge < -0.3 is 10.1 Å². The average molecular weight is 261 g/mol. The van der Waals surface area contributed by atoms with E-state index in [4.69, 9.17) is 0 Å². The van der Waals surface area contributed by atoms with Gasteiger partial charge in [0.1, 0.15) is 0 Å². The van der Waals surface area contributed by atoms with Gasteiger partial charge >= 0.3 is 5.97 Å². The molecule has 1 N–H and O–H groups in total. The lowest BCUT2D eigenvalue weighted by Gasteiger charge is -2.10. The van der Waals surface area contributed by atoms with E-state index in [0.29, 0.717) is 12.1 Å². The van der Waals surface area contributed by atoms with Gasteiger partial charge in [0.05, 0.1) is 12.8 Å². The quantitative estimate of drug-likeness (QED) is 0.654. The van der Waals surface area contributed by atoms with Crippen LogP contribution >= 0.6 is 0 Å². The zero-order chi connectivity index (χ0) is 14.3. The maximum Gasteiger partial charge on any atom is 0.332 e. The summed E-state index contributed by atoms with van der Waals surface area (Å²) in [7, 11) is 1.31. The monoisotopic (exact) mass is 261 g/mol. The van der Waals surface area contributed by atoms with Crippen LogP contribution in [0.4, 0.5) is 0 Å². The molecule has 0 fully saturated rings. The van der Waals surface area contributed by atoms with E-state index in [0.717, 1.165) is 17.5 Å². The predicted molar refractivity (Wildman–Crippen MR) is 74.2 cm³/mol. The van der Waals surface area contributed by atoms with Gasteiger partial charge in [-0.2, -0.15) is 0 Å². The second kappa shape index (κ2) is 7.36. The lowest BCUT2D eigenvalue weighted by Crippen LogP contribution is -2.22. The van der Waals surface area contributed by atoms with E-state index < -0.39 is 5.97 Å². The summed E-state index contributed by atoms with van der Waals surface area (Å²) in [4.78, 5) is 23.0. The van der Waals surface area contributed by atoms with Crippen molar-refractivity contribution in [2.45, 2.75) is 26.7 Å². The molecule has 0 radical (unpaired) electrons. The molecule has 0 saturated heterocycles. The van der Waals surface area contributed by atoms with E-state index in [1.54, 1.807) is 0 Å². The molecule has 1 aromatic rings. The largest absolute Gasteiger partial charge is 0.466 e. The number of ether oxygens (including phenoxy) is 1. The molecular formula is C15H19NO3. The van der Waals surface area contributed by atoms with Crippen LogP contribution in [0.15, 0.2) is 30.3 Å². The van der Waals surface area contributed by atoms with Crippen molar-refractivity contribution in [1.82, 2.24) is 5.32 Å². The van der Waals surface area contributed by atoms with Crippen molar-refractivity contribution >= 4 is 17.6 Å². The van der Waals surface area contributed by atoms with Crippen LogP contribution in [0.5, 0.6) is 0 Å². The van der Waals surface area contributed by atoms with Crippen LogP contribution in [-0.4, -0.2) is 19.0 Å². The van der Waals surface area contributed by atoms with Gasteiger partial charge in [0.25, 0.3) is 0 Å². The molecule has 4 nitrogen and oxygen atoms in total. The van der Waals surface area contributed by atoms with Crippen LogP contribution in [0, 0.1) is 6.92 Å². The Morgan fingerprint density at radius 1 is 1.26 bits per heavy atom. The Hall–Kier alpha value is -2.10. The molecule has 1 amide bonds. The van der Waals surface area contributed by atoms with Crippen LogP contribution in [0.3, 0.4) is 0 Å². The fourth-order valence-electron chi connectivity index (χ4n) is 1.54. The number of carbonyl (C=O) groups is 2. The Morgan fingerprint density at radius 3 is 2.42 bits per heavy atom. The van der Waals surface area contributed by atoms with Gasteiger partial charge in [0, 0.05) is 12.5 Å². The molecule has 19 heavy (non-hydrogen) atoms. The molecule has 0 aromatic heterocycles. The van der Waals surface area contributed by atoms with Gasteiger partial charge in [-0.1, -0.05) is 36.8 Å². The Morgan fingerprint density at radius 2 is 1.89 bits per heavy atom. The highest BCUT2D eigenvalue weighted by Crippen LogP contribution is 2.13. The predicted octanol–water partition coefficient (Wildman–Crippen LogP) is 2.43. The summed E-state index contributed by atoms with van der Waals surface area (Å²) >= 11 is 0. The van der Waals surface area contributed by atoms with Gasteiger partial charge in [-0.05, 0) is 18.9 Å². The van der Waals surface area contributed by atoms with Gasteiger partial charge in [0.2, 0.25) is 5.91 Å². The van der Waals surface area contributed by atoms with Crippen LogP contribution in [-0.2, 0) is 14.3 Å². The number of benzene rings is 1. The fourth-order valence-corrected chi connectivity index (χ4v) is 1.54. The van der Waals surface area contributed by atoms with E-state index in [2.05, 4.69) is 10.1 Å². The molecular weight excluding hydrogens is 242 g/mol. The summed E-state index contributed by atoms with van der Waals surface area (Å²) in [6.07, 6.45) is 2.47. The highest BCUT2D eigenvalue weighted by Gasteiger charge is 2.08. The van der Waals surface area contributed by atoms with Crippen molar-refractivity contribution in [3.63, 3.8) is 0 Å². The minimum atomic E-state index is -0.493. The van der Waals surface area contributed by atoms with Crippen molar-refractivity contribution < 1.29 is 14.3 Å². The molecule has 0 aliphatic rings. The molecule has 102 valence electrons. The molecule has 0 atom stereocenters. The molecule has 0 spiro atoms. The third kappa shape index (κ3) is 4.95. The molecule has 0 unspecified atom stereocenters. The van der Waals surface area contributed by atoms with Crippen molar-refractivity contribution in [2.75, 3.05) is 7.11 Å². The smallest absolute Gasteiger partial charge is 0.332 e. The first-order valence-corrected chi connectivity index (χ1v) is 6.23. The standard InChI is InChI=1S/C15H19NO3/c1-4-5-14(17)16-13(10-15(18)19-3)12-8-6-11(2)7-9-12/h6-10H,4-5H2,1-3H3,(H,16,17)/b13-10-. The first-order chi connectivity index (χ1) is 9.06. The molecule has 0 aliphatic heterocycles. The minimum Gasteiger partial charge on any atom is -0.466 e. The third-order valence-electron chi connectivity index (χ3n) is 2.58. The fraction of sp³-hybridized carbons (Fsp3) is 0.333. The topological polar surface area (TPSA) is 55.4 Å². The van der Waals surface area contributed by atoms with Gasteiger partial charge in [0.15, 0.2) is 0 Å². The zero-order valence-corrected chi connectivity index (χ0v) is 11.5. The van der Waals surface area contributed by atoms with E-state index in [9.17, 15) is 9.59 Å². The van der Waals surface area contributed by atoms with E-state index >= 15 is 0 Å². The number of methoxy groups -OCH3 is 1. The summed E-state index contributed by atoms with van der Waals surface area (Å²) in [5.41, 5.74) is 2.35. The summed E-state index contributed by atoms with van der Waals surface area (Å²) < 4.78 is 4.60. The molecule has 0 bridgehead atoms. The Labute approximate surface area is 113 Å². The van der Waals surface area contributed by atoms with Gasteiger partial charge in [-0.25, -0.2) is 4.79 Å². The number of rotatable bonds is 5. The van der Waals surface area contributed by atoms with Crippen LogP contribution in [0.2, 0.25) is 0 Å². The highest BCUT2D eigenvalue weighted by molar-refractivity contribution is 5.95. The summed E-state index contributed by atoms with van der Waals surface area (Å²) in [6.45, 7) is 3.90. The van der Waals surface area contributed by atoms with Crippen molar-refractivity contribution in [1.29, 1.82) is 0 Å². The lowest BCUT2D eigenvalue weighted by atomic mass is 10.1. The van der Waals surface area contributed by atoms with E-state index in [-0.39, 0.29) is 5.91 Å². The number of aryl methyl sites for hydroxylation is 1. The number of hydrogen-bond donors (Lipinski definition) is 1. The van der Waals surface area contributed by atoms with Crippen LogP contribution in [0.1, 0.15) is 30.9 Å². The molecule has 0 aliphatic carbocycles. The SMILES string of the molecule is CCCC(=O)N/C(=C\C(=O)OC)c1ccc(C)cc1.